The number of thioether (sulfide) groups is 1. The third-order valence-corrected chi connectivity index (χ3v) is 6.93. The molecule has 1 N–H and O–H groups in total. The molecule has 0 aliphatic rings. The van der Waals surface area contributed by atoms with Crippen LogP contribution in [0.3, 0.4) is 0 Å². The fraction of sp³-hybridized carbons (Fsp3) is 0.391. The molecular formula is C23H26Cl3FN2O2S. The molecule has 0 unspecified atom stereocenters. The van der Waals surface area contributed by atoms with Gasteiger partial charge in [0.2, 0.25) is 11.8 Å². The molecule has 174 valence electrons. The number of halogens is 4. The van der Waals surface area contributed by atoms with Crippen LogP contribution in [-0.2, 0) is 21.9 Å². The van der Waals surface area contributed by atoms with E-state index in [2.05, 4.69) is 5.32 Å². The Balaban J connectivity index is 2.15. The van der Waals surface area contributed by atoms with Crippen molar-refractivity contribution < 1.29 is 14.0 Å². The molecule has 2 aromatic rings. The van der Waals surface area contributed by atoms with E-state index in [4.69, 9.17) is 34.8 Å². The molecule has 0 radical (unpaired) electrons. The van der Waals surface area contributed by atoms with E-state index in [1.54, 1.807) is 31.2 Å². The first-order valence-corrected chi connectivity index (χ1v) is 12.6. The molecule has 0 aliphatic carbocycles. The highest BCUT2D eigenvalue weighted by atomic mass is 35.5. The predicted octanol–water partition coefficient (Wildman–Crippen LogP) is 6.35. The lowest BCUT2D eigenvalue weighted by Crippen LogP contribution is -2.48. The van der Waals surface area contributed by atoms with Gasteiger partial charge in [0.1, 0.15) is 11.9 Å². The molecule has 1 atom stereocenters. The van der Waals surface area contributed by atoms with E-state index in [0.717, 1.165) is 12.8 Å². The van der Waals surface area contributed by atoms with Gasteiger partial charge in [-0.1, -0.05) is 60.3 Å². The highest BCUT2D eigenvalue weighted by molar-refractivity contribution is 7.99. The van der Waals surface area contributed by atoms with Gasteiger partial charge in [0, 0.05) is 45.0 Å². The SMILES string of the molecule is CCCCNC(=O)[C@@H](C)N(Cc1c(Cl)cccc1Cl)C(=O)CSCc1c(F)cccc1Cl. The van der Waals surface area contributed by atoms with Crippen LogP contribution in [0.4, 0.5) is 4.39 Å². The number of amides is 2. The first-order chi connectivity index (χ1) is 15.3. The van der Waals surface area contributed by atoms with Gasteiger partial charge in [-0.3, -0.25) is 9.59 Å². The fourth-order valence-electron chi connectivity index (χ4n) is 2.97. The monoisotopic (exact) mass is 518 g/mol. The maximum atomic E-state index is 14.0. The van der Waals surface area contributed by atoms with Crippen molar-refractivity contribution in [1.29, 1.82) is 0 Å². The number of nitrogens with zero attached hydrogens (tertiary/aromatic N) is 1. The molecular weight excluding hydrogens is 494 g/mol. The number of nitrogens with one attached hydrogen (secondary N) is 1. The summed E-state index contributed by atoms with van der Waals surface area (Å²) >= 11 is 19.9. The minimum atomic E-state index is -0.732. The van der Waals surface area contributed by atoms with Gasteiger partial charge in [0.05, 0.1) is 5.75 Å². The number of hydrogen-bond donors (Lipinski definition) is 1. The Labute approximate surface area is 207 Å². The van der Waals surface area contributed by atoms with Crippen LogP contribution < -0.4 is 5.32 Å². The zero-order valence-corrected chi connectivity index (χ0v) is 21.1. The van der Waals surface area contributed by atoms with Crippen LogP contribution in [0.15, 0.2) is 36.4 Å². The quantitative estimate of drug-likeness (QED) is 0.352. The van der Waals surface area contributed by atoms with Crippen molar-refractivity contribution in [1.82, 2.24) is 10.2 Å². The lowest BCUT2D eigenvalue weighted by Gasteiger charge is -2.29. The number of benzene rings is 2. The van der Waals surface area contributed by atoms with E-state index in [1.807, 2.05) is 6.92 Å². The van der Waals surface area contributed by atoms with Gasteiger partial charge in [-0.25, -0.2) is 4.39 Å². The summed E-state index contributed by atoms with van der Waals surface area (Å²) in [6, 6.07) is 8.83. The summed E-state index contributed by atoms with van der Waals surface area (Å²) < 4.78 is 14.0. The molecule has 0 heterocycles. The normalized spacial score (nSPS) is 11.8. The number of unbranched alkanes of at least 4 members (excludes halogenated alkanes) is 1. The number of hydrogen-bond acceptors (Lipinski definition) is 3. The van der Waals surface area contributed by atoms with Crippen LogP contribution in [0.1, 0.15) is 37.8 Å². The topological polar surface area (TPSA) is 49.4 Å². The third kappa shape index (κ3) is 7.55. The van der Waals surface area contributed by atoms with Crippen molar-refractivity contribution >= 4 is 58.4 Å². The molecule has 0 bridgehead atoms. The largest absolute Gasteiger partial charge is 0.354 e. The Morgan fingerprint density at radius 3 is 2.25 bits per heavy atom. The molecule has 2 aromatic carbocycles. The minimum absolute atomic E-state index is 0.0410. The van der Waals surface area contributed by atoms with Crippen molar-refractivity contribution in [2.75, 3.05) is 12.3 Å². The predicted molar refractivity (Wildman–Crippen MR) is 132 cm³/mol. The summed E-state index contributed by atoms with van der Waals surface area (Å²) in [6.07, 6.45) is 1.80. The fourth-order valence-corrected chi connectivity index (χ4v) is 4.73. The van der Waals surface area contributed by atoms with Gasteiger partial charge in [0.15, 0.2) is 0 Å². The second kappa shape index (κ2) is 13.3. The van der Waals surface area contributed by atoms with Crippen molar-refractivity contribution in [3.63, 3.8) is 0 Å². The molecule has 32 heavy (non-hydrogen) atoms. The van der Waals surface area contributed by atoms with Crippen LogP contribution in [0.25, 0.3) is 0 Å². The van der Waals surface area contributed by atoms with Crippen molar-refractivity contribution in [3.8, 4) is 0 Å². The first-order valence-electron chi connectivity index (χ1n) is 10.3. The van der Waals surface area contributed by atoms with E-state index < -0.39 is 11.9 Å². The minimum Gasteiger partial charge on any atom is -0.354 e. The van der Waals surface area contributed by atoms with E-state index in [-0.39, 0.29) is 29.9 Å². The molecule has 4 nitrogen and oxygen atoms in total. The maximum Gasteiger partial charge on any atom is 0.242 e. The highest BCUT2D eigenvalue weighted by Crippen LogP contribution is 2.28. The Morgan fingerprint density at radius 1 is 1.06 bits per heavy atom. The van der Waals surface area contributed by atoms with Gasteiger partial charge in [-0.05, 0) is 37.6 Å². The van der Waals surface area contributed by atoms with E-state index in [9.17, 15) is 14.0 Å². The average molecular weight is 520 g/mol. The molecule has 2 amide bonds. The lowest BCUT2D eigenvalue weighted by atomic mass is 10.1. The van der Waals surface area contributed by atoms with Crippen LogP contribution in [0, 0.1) is 5.82 Å². The van der Waals surface area contributed by atoms with Crippen molar-refractivity contribution in [3.05, 3.63) is 68.4 Å². The van der Waals surface area contributed by atoms with E-state index in [0.29, 0.717) is 32.7 Å². The van der Waals surface area contributed by atoms with Crippen LogP contribution in [-0.4, -0.2) is 35.1 Å². The zero-order valence-electron chi connectivity index (χ0n) is 18.0. The molecule has 0 saturated heterocycles. The molecule has 0 aliphatic heterocycles. The zero-order chi connectivity index (χ0) is 23.7. The van der Waals surface area contributed by atoms with Crippen molar-refractivity contribution in [2.24, 2.45) is 0 Å². The Bertz CT molecular complexity index is 905. The number of carbonyl (C=O) groups is 2. The van der Waals surface area contributed by atoms with E-state index in [1.165, 1.54) is 28.8 Å². The van der Waals surface area contributed by atoms with Gasteiger partial charge < -0.3 is 10.2 Å². The maximum absolute atomic E-state index is 14.0. The summed E-state index contributed by atoms with van der Waals surface area (Å²) in [5.41, 5.74) is 0.914. The van der Waals surface area contributed by atoms with Crippen LogP contribution in [0.2, 0.25) is 15.1 Å². The Kier molecular flexibility index (Phi) is 11.1. The highest BCUT2D eigenvalue weighted by Gasteiger charge is 2.27. The third-order valence-electron chi connectivity index (χ3n) is 4.92. The summed E-state index contributed by atoms with van der Waals surface area (Å²) in [5.74, 6) is -0.677. The molecule has 2 rings (SSSR count). The molecule has 0 saturated carbocycles. The second-order valence-electron chi connectivity index (χ2n) is 7.24. The van der Waals surface area contributed by atoms with Gasteiger partial charge in [-0.2, -0.15) is 0 Å². The molecule has 0 spiro atoms. The van der Waals surface area contributed by atoms with Gasteiger partial charge >= 0.3 is 0 Å². The lowest BCUT2D eigenvalue weighted by molar-refractivity contribution is -0.138. The summed E-state index contributed by atoms with van der Waals surface area (Å²) in [7, 11) is 0. The van der Waals surface area contributed by atoms with Crippen LogP contribution in [0.5, 0.6) is 0 Å². The first kappa shape index (κ1) is 26.8. The number of carbonyl (C=O) groups excluding carboxylic acids is 2. The van der Waals surface area contributed by atoms with Gasteiger partial charge in [-0.15, -0.1) is 11.8 Å². The number of rotatable bonds is 11. The Morgan fingerprint density at radius 2 is 1.66 bits per heavy atom. The summed E-state index contributed by atoms with van der Waals surface area (Å²) in [6.45, 7) is 4.32. The molecule has 0 aromatic heterocycles. The van der Waals surface area contributed by atoms with Crippen LogP contribution >= 0.6 is 46.6 Å². The average Bonchev–Trinajstić information content (AvgIpc) is 2.75. The Hall–Kier alpha value is -1.47. The molecule has 9 heteroatoms. The smallest absolute Gasteiger partial charge is 0.242 e. The standard InChI is InChI=1S/C23H26Cl3FN2O2S/c1-3-4-11-28-23(31)15(2)29(12-16-18(24)7-5-8-19(16)25)22(30)14-32-13-17-20(26)9-6-10-21(17)27/h5-10,15H,3-4,11-14H2,1-2H3,(H,28,31)/t15-/m1/s1. The summed E-state index contributed by atoms with van der Waals surface area (Å²) in [4.78, 5) is 27.2. The molecule has 0 fully saturated rings. The van der Waals surface area contributed by atoms with Crippen molar-refractivity contribution in [2.45, 2.75) is 45.0 Å². The van der Waals surface area contributed by atoms with Gasteiger partial charge in [0.25, 0.3) is 0 Å². The second-order valence-corrected chi connectivity index (χ2v) is 9.44. The summed E-state index contributed by atoms with van der Waals surface area (Å²) in [5, 5.41) is 4.00. The van der Waals surface area contributed by atoms with E-state index >= 15 is 0 Å².